The van der Waals surface area contributed by atoms with E-state index in [4.69, 9.17) is 5.11 Å². The number of carbonyl (C=O) groups is 5. The summed E-state index contributed by atoms with van der Waals surface area (Å²) in [5, 5.41) is 18.5. The van der Waals surface area contributed by atoms with Crippen molar-refractivity contribution in [2.45, 2.75) is 31.0 Å². The molecule has 0 amide bonds. The third-order valence-electron chi connectivity index (χ3n) is 2.35. The number of cyclic esters (lactones) is 1. The van der Waals surface area contributed by atoms with Crippen LogP contribution in [-0.2, 0) is 38.5 Å². The number of carboxylic acid groups (broad SMARTS) is 1. The molecule has 0 aromatic carbocycles. The van der Waals surface area contributed by atoms with Crippen LogP contribution >= 0.6 is 0 Å². The Morgan fingerprint density at radius 1 is 1.30 bits per heavy atom. The Hall–Kier alpha value is -2.49. The number of carbonyl (C=O) groups excluding carboxylic acids is 4. The highest BCUT2D eigenvalue weighted by molar-refractivity contribution is 5.90. The molecule has 0 aromatic heterocycles. The largest absolute Gasteiger partial charge is 0.478 e. The number of esters is 1. The molecular formula is C10H10O10. The number of aliphatic hydroxyl groups is 1. The van der Waals surface area contributed by atoms with E-state index >= 15 is 0 Å². The summed E-state index contributed by atoms with van der Waals surface area (Å²) in [4.78, 5) is 63.1. The Kier molecular flexibility index (Phi) is 4.75. The molecule has 1 heterocycles. The minimum absolute atomic E-state index is 0.136. The molecule has 0 bridgehead atoms. The molecule has 10 nitrogen and oxygen atoms in total. The van der Waals surface area contributed by atoms with Crippen molar-refractivity contribution in [2.24, 2.45) is 0 Å². The summed E-state index contributed by atoms with van der Waals surface area (Å²) >= 11 is 0. The van der Waals surface area contributed by atoms with Gasteiger partial charge in [-0.1, -0.05) is 0 Å². The van der Waals surface area contributed by atoms with Gasteiger partial charge in [0.15, 0.2) is 5.60 Å². The minimum atomic E-state index is -2.60. The van der Waals surface area contributed by atoms with E-state index in [1.54, 1.807) is 0 Å². The molecule has 20 heavy (non-hydrogen) atoms. The lowest BCUT2D eigenvalue weighted by Crippen LogP contribution is -2.45. The quantitative estimate of drug-likeness (QED) is 0.342. The van der Waals surface area contributed by atoms with Gasteiger partial charge in [0.25, 0.3) is 0 Å². The number of hydrogen-bond donors (Lipinski definition) is 2. The maximum absolute atomic E-state index is 11.4. The number of aldehydes is 1. The lowest BCUT2D eigenvalue weighted by Gasteiger charge is -2.24. The van der Waals surface area contributed by atoms with Crippen LogP contribution < -0.4 is 0 Å². The normalized spacial score (nSPS) is 27.9. The molecule has 1 saturated heterocycles. The van der Waals surface area contributed by atoms with Crippen molar-refractivity contribution < 1.29 is 48.7 Å². The van der Waals surface area contributed by atoms with Gasteiger partial charge in [0, 0.05) is 6.42 Å². The molecule has 1 fully saturated rings. The first kappa shape index (κ1) is 15.6. The lowest BCUT2D eigenvalue weighted by atomic mass is 9.96. The zero-order valence-electron chi connectivity index (χ0n) is 9.94. The fraction of sp³-hybridized carbons (Fsp3) is 0.500. The summed E-state index contributed by atoms with van der Waals surface area (Å²) in [5.74, 6) is -5.74. The first-order chi connectivity index (χ1) is 9.28. The van der Waals surface area contributed by atoms with Crippen LogP contribution in [0.5, 0.6) is 0 Å². The second kappa shape index (κ2) is 6.10. The molecule has 0 aliphatic carbocycles. The number of hydrogen-bond acceptors (Lipinski definition) is 9. The van der Waals surface area contributed by atoms with Crippen LogP contribution in [0.2, 0.25) is 0 Å². The minimum Gasteiger partial charge on any atom is -0.478 e. The summed E-state index contributed by atoms with van der Waals surface area (Å²) in [7, 11) is 0. The standard InChI is InChI=1S/C10H10O10/c11-2-1-10(17)4-7(13)18-5(8(14)15)3-6(12)19-20-9(10)16/h2,5,17H,1,3-4H2,(H,14,15). The van der Waals surface area contributed by atoms with Crippen molar-refractivity contribution in [1.29, 1.82) is 0 Å². The molecule has 2 atom stereocenters. The fourth-order valence-electron chi connectivity index (χ4n) is 1.33. The van der Waals surface area contributed by atoms with Gasteiger partial charge in [-0.05, 0) is 0 Å². The highest BCUT2D eigenvalue weighted by Crippen LogP contribution is 2.20. The second-order valence-corrected chi connectivity index (χ2v) is 3.93. The van der Waals surface area contributed by atoms with E-state index in [0.717, 1.165) is 0 Å². The van der Waals surface area contributed by atoms with Crippen molar-refractivity contribution in [2.75, 3.05) is 0 Å². The molecule has 1 aliphatic heterocycles. The van der Waals surface area contributed by atoms with E-state index < -0.39 is 54.8 Å². The summed E-state index contributed by atoms with van der Waals surface area (Å²) in [6, 6.07) is 0. The summed E-state index contributed by atoms with van der Waals surface area (Å²) < 4.78 is 4.43. The van der Waals surface area contributed by atoms with Crippen LogP contribution in [0.4, 0.5) is 0 Å². The van der Waals surface area contributed by atoms with Gasteiger partial charge < -0.3 is 19.7 Å². The average Bonchev–Trinajstić information content (AvgIpc) is 2.34. The monoisotopic (exact) mass is 290 g/mol. The third-order valence-corrected chi connectivity index (χ3v) is 2.35. The maximum atomic E-state index is 11.4. The zero-order valence-corrected chi connectivity index (χ0v) is 9.94. The predicted molar refractivity (Wildman–Crippen MR) is 54.6 cm³/mol. The summed E-state index contributed by atoms with van der Waals surface area (Å²) in [6.07, 6.45) is -4.44. The van der Waals surface area contributed by atoms with Crippen molar-refractivity contribution in [3.63, 3.8) is 0 Å². The smallest absolute Gasteiger partial charge is 0.387 e. The second-order valence-electron chi connectivity index (χ2n) is 3.93. The molecule has 110 valence electrons. The van der Waals surface area contributed by atoms with Crippen LogP contribution in [0.1, 0.15) is 19.3 Å². The van der Waals surface area contributed by atoms with Gasteiger partial charge in [-0.2, -0.15) is 0 Å². The Labute approximate surface area is 111 Å². The molecule has 10 heteroatoms. The number of rotatable bonds is 3. The molecule has 0 saturated carbocycles. The zero-order chi connectivity index (χ0) is 15.3. The topological polar surface area (TPSA) is 154 Å². The van der Waals surface area contributed by atoms with E-state index in [1.807, 2.05) is 0 Å². The Morgan fingerprint density at radius 2 is 1.95 bits per heavy atom. The van der Waals surface area contributed by atoms with Gasteiger partial charge in [0.2, 0.25) is 6.10 Å². The van der Waals surface area contributed by atoms with Gasteiger partial charge in [-0.15, -0.1) is 0 Å². The van der Waals surface area contributed by atoms with Crippen LogP contribution in [0.25, 0.3) is 0 Å². The molecule has 1 aliphatic rings. The fourth-order valence-corrected chi connectivity index (χ4v) is 1.33. The SMILES string of the molecule is O=CCC1(O)CC(=O)OC(C(=O)O)CC(=O)OOC1=O. The summed E-state index contributed by atoms with van der Waals surface area (Å²) in [5.41, 5.74) is -2.60. The van der Waals surface area contributed by atoms with E-state index in [2.05, 4.69) is 14.5 Å². The number of carboxylic acids is 1. The Bertz CT molecular complexity index is 455. The van der Waals surface area contributed by atoms with E-state index in [1.165, 1.54) is 0 Å². The first-order valence-corrected chi connectivity index (χ1v) is 5.28. The van der Waals surface area contributed by atoms with Gasteiger partial charge in [0.1, 0.15) is 6.29 Å². The molecule has 2 N–H and O–H groups in total. The van der Waals surface area contributed by atoms with Crippen LogP contribution in [-0.4, -0.2) is 52.1 Å². The lowest BCUT2D eigenvalue weighted by molar-refractivity contribution is -0.273. The van der Waals surface area contributed by atoms with Crippen molar-refractivity contribution in [3.05, 3.63) is 0 Å². The Morgan fingerprint density at radius 3 is 2.50 bits per heavy atom. The summed E-state index contributed by atoms with van der Waals surface area (Å²) in [6.45, 7) is 0. The van der Waals surface area contributed by atoms with Gasteiger partial charge in [0.05, 0.1) is 12.8 Å². The van der Waals surface area contributed by atoms with Crippen molar-refractivity contribution in [3.8, 4) is 0 Å². The average molecular weight is 290 g/mol. The predicted octanol–water partition coefficient (Wildman–Crippen LogP) is -1.90. The Balaban J connectivity index is 2.99. The number of ether oxygens (including phenoxy) is 1. The van der Waals surface area contributed by atoms with E-state index in [9.17, 15) is 29.1 Å². The van der Waals surface area contributed by atoms with Crippen molar-refractivity contribution >= 4 is 30.2 Å². The van der Waals surface area contributed by atoms with Crippen LogP contribution in [0.3, 0.4) is 0 Å². The maximum Gasteiger partial charge on any atom is 0.387 e. The molecule has 0 aromatic rings. The van der Waals surface area contributed by atoms with E-state index in [0.29, 0.717) is 0 Å². The third kappa shape index (κ3) is 3.75. The van der Waals surface area contributed by atoms with Crippen LogP contribution in [0.15, 0.2) is 0 Å². The van der Waals surface area contributed by atoms with Crippen LogP contribution in [0, 0.1) is 0 Å². The van der Waals surface area contributed by atoms with Gasteiger partial charge >= 0.3 is 23.9 Å². The van der Waals surface area contributed by atoms with E-state index in [-0.39, 0.29) is 6.29 Å². The van der Waals surface area contributed by atoms with Crippen molar-refractivity contribution in [1.82, 2.24) is 0 Å². The van der Waals surface area contributed by atoms with Gasteiger partial charge in [-0.3, -0.25) is 4.79 Å². The molecule has 1 rings (SSSR count). The first-order valence-electron chi connectivity index (χ1n) is 5.28. The molecule has 2 unspecified atom stereocenters. The highest BCUT2D eigenvalue weighted by Gasteiger charge is 2.44. The number of aliphatic carboxylic acids is 1. The molecule has 0 radical (unpaired) electrons. The molecule has 0 spiro atoms. The van der Waals surface area contributed by atoms with Gasteiger partial charge in [-0.25, -0.2) is 24.2 Å². The molecular weight excluding hydrogens is 280 g/mol. The highest BCUT2D eigenvalue weighted by atomic mass is 17.2.